The molecule has 3 aromatic rings. The lowest BCUT2D eigenvalue weighted by Crippen LogP contribution is -2.32. The van der Waals surface area contributed by atoms with E-state index in [4.69, 9.17) is 23.2 Å². The summed E-state index contributed by atoms with van der Waals surface area (Å²) in [6.07, 6.45) is 0. The summed E-state index contributed by atoms with van der Waals surface area (Å²) in [5.41, 5.74) is 3.75. The molecule has 0 amide bonds. The van der Waals surface area contributed by atoms with E-state index in [0.717, 1.165) is 41.1 Å². The maximum absolute atomic E-state index is 12.3. The van der Waals surface area contributed by atoms with Crippen molar-refractivity contribution in [2.24, 2.45) is 0 Å². The summed E-state index contributed by atoms with van der Waals surface area (Å²) in [6.45, 7) is 1.51. The molecule has 4 rings (SSSR count). The highest BCUT2D eigenvalue weighted by atomic mass is 35.5. The SMILES string of the molecule is CN1Cc2c(Cl)cc(Cl)cc2C(c2ccccc2-n2c(O)csc2=O)C1. The van der Waals surface area contributed by atoms with Gasteiger partial charge in [0.1, 0.15) is 0 Å². The number of likely N-dealkylation sites (N-methyl/N-ethyl adjacent to an activating group) is 1. The van der Waals surface area contributed by atoms with E-state index < -0.39 is 0 Å². The molecule has 2 heterocycles. The van der Waals surface area contributed by atoms with Gasteiger partial charge in [-0.2, -0.15) is 0 Å². The van der Waals surface area contributed by atoms with Crippen LogP contribution in [0.4, 0.5) is 0 Å². The number of thiazole rings is 1. The molecule has 1 N–H and O–H groups in total. The van der Waals surface area contributed by atoms with Gasteiger partial charge in [0.25, 0.3) is 0 Å². The summed E-state index contributed by atoms with van der Waals surface area (Å²) in [6, 6.07) is 11.4. The molecule has 1 aromatic heterocycles. The molecule has 0 saturated heterocycles. The molecule has 4 nitrogen and oxygen atoms in total. The van der Waals surface area contributed by atoms with Crippen molar-refractivity contribution in [2.75, 3.05) is 13.6 Å². The Hall–Kier alpha value is -1.79. The van der Waals surface area contributed by atoms with E-state index in [0.29, 0.717) is 15.7 Å². The number of aromatic hydroxyl groups is 1. The van der Waals surface area contributed by atoms with E-state index in [1.807, 2.05) is 37.4 Å². The minimum absolute atomic E-state index is 0.0117. The number of hydrogen-bond acceptors (Lipinski definition) is 4. The molecule has 0 aliphatic carbocycles. The first-order valence-electron chi connectivity index (χ1n) is 8.11. The Morgan fingerprint density at radius 2 is 1.96 bits per heavy atom. The van der Waals surface area contributed by atoms with Crippen LogP contribution in [0.5, 0.6) is 5.88 Å². The molecular formula is C19H16Cl2N2O2S. The van der Waals surface area contributed by atoms with E-state index in [9.17, 15) is 9.90 Å². The number of nitrogens with zero attached hydrogens (tertiary/aromatic N) is 2. The second-order valence-electron chi connectivity index (χ2n) is 6.46. The van der Waals surface area contributed by atoms with Gasteiger partial charge in [-0.05, 0) is 41.9 Å². The van der Waals surface area contributed by atoms with E-state index >= 15 is 0 Å². The Balaban J connectivity index is 1.95. The van der Waals surface area contributed by atoms with Gasteiger partial charge in [0, 0.05) is 29.1 Å². The summed E-state index contributed by atoms with van der Waals surface area (Å²) < 4.78 is 1.35. The van der Waals surface area contributed by atoms with Crippen LogP contribution in [-0.4, -0.2) is 28.2 Å². The van der Waals surface area contributed by atoms with E-state index in [1.165, 1.54) is 9.95 Å². The third-order valence-corrected chi connectivity index (χ3v) is 5.99. The normalized spacial score (nSPS) is 17.3. The molecule has 0 saturated carbocycles. The highest BCUT2D eigenvalue weighted by Crippen LogP contribution is 2.40. The van der Waals surface area contributed by atoms with Crippen molar-refractivity contribution in [1.29, 1.82) is 0 Å². The van der Waals surface area contributed by atoms with Gasteiger partial charge in [-0.1, -0.05) is 52.7 Å². The van der Waals surface area contributed by atoms with Gasteiger partial charge in [-0.3, -0.25) is 4.79 Å². The van der Waals surface area contributed by atoms with Crippen molar-refractivity contribution in [2.45, 2.75) is 12.5 Å². The van der Waals surface area contributed by atoms with Crippen LogP contribution in [0.3, 0.4) is 0 Å². The second-order valence-corrected chi connectivity index (χ2v) is 8.12. The zero-order chi connectivity index (χ0) is 18.4. The second kappa shape index (κ2) is 6.74. The lowest BCUT2D eigenvalue weighted by Gasteiger charge is -2.34. The first kappa shape index (κ1) is 17.6. The fourth-order valence-electron chi connectivity index (χ4n) is 3.62. The molecule has 0 fully saturated rings. The van der Waals surface area contributed by atoms with Crippen molar-refractivity contribution < 1.29 is 5.11 Å². The molecule has 7 heteroatoms. The predicted octanol–water partition coefficient (Wildman–Crippen LogP) is 4.49. The zero-order valence-corrected chi connectivity index (χ0v) is 16.3. The predicted molar refractivity (Wildman–Crippen MR) is 106 cm³/mol. The summed E-state index contributed by atoms with van der Waals surface area (Å²) in [7, 11) is 2.04. The number of benzene rings is 2. The fraction of sp³-hybridized carbons (Fsp3) is 0.211. The molecule has 2 aromatic carbocycles. The average molecular weight is 407 g/mol. The van der Waals surface area contributed by atoms with Gasteiger partial charge in [0.15, 0.2) is 0 Å². The maximum atomic E-state index is 12.3. The van der Waals surface area contributed by atoms with Crippen LogP contribution in [-0.2, 0) is 6.54 Å². The molecular weight excluding hydrogens is 391 g/mol. The summed E-state index contributed by atoms with van der Waals surface area (Å²) in [5, 5.41) is 12.9. The van der Waals surface area contributed by atoms with Crippen molar-refractivity contribution in [1.82, 2.24) is 9.47 Å². The topological polar surface area (TPSA) is 45.5 Å². The number of rotatable bonds is 2. The Labute approximate surface area is 164 Å². The Morgan fingerprint density at radius 3 is 2.69 bits per heavy atom. The van der Waals surface area contributed by atoms with Gasteiger partial charge >= 0.3 is 4.87 Å². The van der Waals surface area contributed by atoms with Crippen molar-refractivity contribution >= 4 is 34.5 Å². The summed E-state index contributed by atoms with van der Waals surface area (Å²) >= 11 is 13.7. The van der Waals surface area contributed by atoms with Crippen LogP contribution in [0, 0.1) is 0 Å². The summed E-state index contributed by atoms with van der Waals surface area (Å²) in [4.78, 5) is 14.2. The van der Waals surface area contributed by atoms with Crippen molar-refractivity contribution in [3.63, 3.8) is 0 Å². The van der Waals surface area contributed by atoms with Crippen LogP contribution in [0.25, 0.3) is 5.69 Å². The molecule has 0 radical (unpaired) electrons. The first-order chi connectivity index (χ1) is 12.5. The van der Waals surface area contributed by atoms with Crippen LogP contribution in [0.15, 0.2) is 46.6 Å². The van der Waals surface area contributed by atoms with E-state index in [2.05, 4.69) is 4.90 Å². The highest BCUT2D eigenvalue weighted by Gasteiger charge is 2.29. The number of halogens is 2. The van der Waals surface area contributed by atoms with Gasteiger partial charge in [0.2, 0.25) is 5.88 Å². The number of hydrogen-bond donors (Lipinski definition) is 1. The average Bonchev–Trinajstić information content (AvgIpc) is 2.93. The molecule has 1 atom stereocenters. The smallest absolute Gasteiger partial charge is 0.314 e. The standard InChI is InChI=1S/C19H16Cl2N2O2S/c1-22-8-14(13-6-11(20)7-16(21)15(13)9-22)12-4-2-3-5-17(12)23-18(24)10-26-19(23)25/h2-7,10,14,24H,8-9H2,1H3. The Bertz CT molecular complexity index is 1040. The number of aromatic nitrogens is 1. The third kappa shape index (κ3) is 2.95. The first-order valence-corrected chi connectivity index (χ1v) is 9.74. The minimum atomic E-state index is -0.219. The quantitative estimate of drug-likeness (QED) is 0.681. The summed E-state index contributed by atoms with van der Waals surface area (Å²) in [5.74, 6) is -0.0664. The Kier molecular flexibility index (Phi) is 4.57. The molecule has 0 spiro atoms. The zero-order valence-electron chi connectivity index (χ0n) is 13.9. The monoisotopic (exact) mass is 406 g/mol. The number of para-hydroxylation sites is 1. The molecule has 1 aliphatic rings. The maximum Gasteiger partial charge on any atom is 0.314 e. The van der Waals surface area contributed by atoms with Crippen LogP contribution >= 0.6 is 34.5 Å². The van der Waals surface area contributed by atoms with Gasteiger partial charge in [-0.25, -0.2) is 4.57 Å². The van der Waals surface area contributed by atoms with Gasteiger partial charge in [0.05, 0.1) is 11.1 Å². The van der Waals surface area contributed by atoms with Crippen LogP contribution in [0.1, 0.15) is 22.6 Å². The van der Waals surface area contributed by atoms with Gasteiger partial charge in [-0.15, -0.1) is 0 Å². The van der Waals surface area contributed by atoms with Crippen LogP contribution in [0.2, 0.25) is 10.0 Å². The van der Waals surface area contributed by atoms with Crippen LogP contribution < -0.4 is 4.87 Å². The molecule has 134 valence electrons. The van der Waals surface area contributed by atoms with Gasteiger partial charge < -0.3 is 10.0 Å². The Morgan fingerprint density at radius 1 is 1.19 bits per heavy atom. The molecule has 1 aliphatic heterocycles. The molecule has 0 bridgehead atoms. The molecule has 1 unspecified atom stereocenters. The van der Waals surface area contributed by atoms with E-state index in [-0.39, 0.29) is 16.7 Å². The lowest BCUT2D eigenvalue weighted by molar-refractivity contribution is 0.295. The lowest BCUT2D eigenvalue weighted by atomic mass is 9.84. The van der Waals surface area contributed by atoms with Crippen molar-refractivity contribution in [3.8, 4) is 11.6 Å². The van der Waals surface area contributed by atoms with Crippen molar-refractivity contribution in [3.05, 3.63) is 78.2 Å². The van der Waals surface area contributed by atoms with E-state index in [1.54, 1.807) is 6.07 Å². The largest absolute Gasteiger partial charge is 0.494 e. The highest BCUT2D eigenvalue weighted by molar-refractivity contribution is 7.07. The molecule has 26 heavy (non-hydrogen) atoms. The third-order valence-electron chi connectivity index (χ3n) is 4.72. The number of fused-ring (bicyclic) bond motifs is 1. The minimum Gasteiger partial charge on any atom is -0.494 e. The fourth-order valence-corrected chi connectivity index (χ4v) is 4.80.